The Balaban J connectivity index is 1.74. The number of aromatic carboxylic acids is 1. The van der Waals surface area contributed by atoms with E-state index in [1.807, 2.05) is 26.0 Å². The lowest BCUT2D eigenvalue weighted by atomic mass is 9.83. The molecule has 1 unspecified atom stereocenters. The molecule has 1 saturated heterocycles. The zero-order valence-corrected chi connectivity index (χ0v) is 18.3. The minimum absolute atomic E-state index is 0.0573. The molecule has 2 aromatic heterocycles. The van der Waals surface area contributed by atoms with Gasteiger partial charge in [-0.3, -0.25) is 9.89 Å². The van der Waals surface area contributed by atoms with Gasteiger partial charge in [-0.2, -0.15) is 5.10 Å². The van der Waals surface area contributed by atoms with E-state index in [-0.39, 0.29) is 22.9 Å². The molecule has 1 aliphatic heterocycles. The van der Waals surface area contributed by atoms with E-state index in [0.717, 1.165) is 37.1 Å². The van der Waals surface area contributed by atoms with E-state index in [1.54, 1.807) is 6.07 Å². The second kappa shape index (κ2) is 7.76. The van der Waals surface area contributed by atoms with Crippen LogP contribution in [0.5, 0.6) is 0 Å². The first-order valence-electron chi connectivity index (χ1n) is 10.5. The molecule has 0 aliphatic carbocycles. The summed E-state index contributed by atoms with van der Waals surface area (Å²) in [5, 5.41) is 19.6. The van der Waals surface area contributed by atoms with Gasteiger partial charge in [0, 0.05) is 30.9 Å². The number of rotatable bonds is 5. The zero-order valence-electron chi connectivity index (χ0n) is 18.3. The maximum absolute atomic E-state index is 13.0. The number of nitrogens with one attached hydrogen (secondary N) is 2. The van der Waals surface area contributed by atoms with Crippen molar-refractivity contribution in [2.75, 3.05) is 23.3 Å². The van der Waals surface area contributed by atoms with Gasteiger partial charge in [0.2, 0.25) is 0 Å². The summed E-state index contributed by atoms with van der Waals surface area (Å²) in [5.74, 6) is -0.248. The van der Waals surface area contributed by atoms with E-state index < -0.39 is 5.97 Å². The highest BCUT2D eigenvalue weighted by molar-refractivity contribution is 5.93. The molecule has 4 rings (SSSR count). The van der Waals surface area contributed by atoms with Gasteiger partial charge in [0.05, 0.1) is 11.4 Å². The molecular formula is C23H28N4O4. The van der Waals surface area contributed by atoms with Crippen LogP contribution in [0.1, 0.15) is 61.1 Å². The number of nitrogens with zero attached hydrogens (tertiary/aromatic N) is 2. The van der Waals surface area contributed by atoms with E-state index >= 15 is 0 Å². The topological polar surface area (TPSA) is 111 Å². The van der Waals surface area contributed by atoms with Gasteiger partial charge in [-0.15, -0.1) is 0 Å². The number of H-pyrrole nitrogens is 1. The van der Waals surface area contributed by atoms with Crippen LogP contribution in [-0.4, -0.2) is 34.4 Å². The van der Waals surface area contributed by atoms with Crippen molar-refractivity contribution < 1.29 is 14.3 Å². The molecule has 31 heavy (non-hydrogen) atoms. The van der Waals surface area contributed by atoms with Crippen LogP contribution in [0.25, 0.3) is 11.0 Å². The lowest BCUT2D eigenvalue weighted by molar-refractivity contribution is 0.0698. The molecule has 1 fully saturated rings. The number of aromatic nitrogens is 2. The Morgan fingerprint density at radius 1 is 1.29 bits per heavy atom. The van der Waals surface area contributed by atoms with Gasteiger partial charge in [0.25, 0.3) is 0 Å². The fourth-order valence-corrected chi connectivity index (χ4v) is 4.08. The van der Waals surface area contributed by atoms with E-state index in [2.05, 4.69) is 34.3 Å². The first kappa shape index (κ1) is 21.0. The molecule has 164 valence electrons. The van der Waals surface area contributed by atoms with Crippen molar-refractivity contribution in [3.8, 4) is 0 Å². The summed E-state index contributed by atoms with van der Waals surface area (Å²) in [4.78, 5) is 26.5. The molecule has 1 atom stereocenters. The third-order valence-corrected chi connectivity index (χ3v) is 6.11. The SMILES string of the molecule is Cc1cc(C(C)Nc2n[nH]cc2C(=O)O)c2oc(N3CCC(C)(C)CC3)cc(=O)c2c1. The third-order valence-electron chi connectivity index (χ3n) is 6.11. The van der Waals surface area contributed by atoms with Gasteiger partial charge < -0.3 is 19.7 Å². The molecule has 0 spiro atoms. The maximum atomic E-state index is 13.0. The first-order valence-corrected chi connectivity index (χ1v) is 10.5. The highest BCUT2D eigenvalue weighted by Crippen LogP contribution is 2.34. The summed E-state index contributed by atoms with van der Waals surface area (Å²) in [7, 11) is 0. The van der Waals surface area contributed by atoms with Gasteiger partial charge >= 0.3 is 5.97 Å². The van der Waals surface area contributed by atoms with E-state index in [1.165, 1.54) is 6.20 Å². The fraction of sp³-hybridized carbons (Fsp3) is 0.435. The Labute approximate surface area is 180 Å². The number of benzene rings is 1. The first-order chi connectivity index (χ1) is 14.6. The largest absolute Gasteiger partial charge is 0.477 e. The van der Waals surface area contributed by atoms with Crippen LogP contribution >= 0.6 is 0 Å². The monoisotopic (exact) mass is 424 g/mol. The second-order valence-electron chi connectivity index (χ2n) is 9.15. The molecule has 0 saturated carbocycles. The highest BCUT2D eigenvalue weighted by atomic mass is 16.4. The van der Waals surface area contributed by atoms with Crippen molar-refractivity contribution in [2.45, 2.75) is 46.6 Å². The van der Waals surface area contributed by atoms with E-state index in [4.69, 9.17) is 4.42 Å². The molecule has 0 amide bonds. The summed E-state index contributed by atoms with van der Waals surface area (Å²) in [6.07, 6.45) is 3.40. The van der Waals surface area contributed by atoms with Crippen molar-refractivity contribution in [3.63, 3.8) is 0 Å². The maximum Gasteiger partial charge on any atom is 0.341 e. The molecule has 1 aliphatic rings. The Kier molecular flexibility index (Phi) is 5.24. The average molecular weight is 425 g/mol. The predicted octanol–water partition coefficient (Wildman–Crippen LogP) is 4.32. The lowest BCUT2D eigenvalue weighted by Gasteiger charge is -2.37. The van der Waals surface area contributed by atoms with E-state index in [9.17, 15) is 14.7 Å². The van der Waals surface area contributed by atoms with Crippen molar-refractivity contribution in [3.05, 3.63) is 51.3 Å². The number of carboxylic acid groups (broad SMARTS) is 1. The molecule has 3 aromatic rings. The van der Waals surface area contributed by atoms with Crippen LogP contribution in [0.2, 0.25) is 0 Å². The number of piperidine rings is 1. The molecule has 0 bridgehead atoms. The molecule has 8 heteroatoms. The number of anilines is 2. The molecule has 8 nitrogen and oxygen atoms in total. The number of fused-ring (bicyclic) bond motifs is 1. The summed E-state index contributed by atoms with van der Waals surface area (Å²) in [6.45, 7) is 10.0. The number of aryl methyl sites for hydroxylation is 1. The van der Waals surface area contributed by atoms with Crippen LogP contribution in [0.4, 0.5) is 11.7 Å². The number of aromatic amines is 1. The lowest BCUT2D eigenvalue weighted by Crippen LogP contribution is -2.37. The van der Waals surface area contributed by atoms with Crippen LogP contribution in [0.15, 0.2) is 33.6 Å². The summed E-state index contributed by atoms with van der Waals surface area (Å²) in [5.41, 5.74) is 2.50. The number of carbonyl (C=O) groups is 1. The summed E-state index contributed by atoms with van der Waals surface area (Å²) in [6, 6.07) is 5.04. The van der Waals surface area contributed by atoms with E-state index in [0.29, 0.717) is 22.3 Å². The third kappa shape index (κ3) is 4.15. The smallest absolute Gasteiger partial charge is 0.341 e. The minimum Gasteiger partial charge on any atom is -0.477 e. The Hall–Kier alpha value is -3.29. The van der Waals surface area contributed by atoms with Crippen molar-refractivity contribution in [1.29, 1.82) is 0 Å². The van der Waals surface area contributed by atoms with Gasteiger partial charge in [-0.25, -0.2) is 4.79 Å². The average Bonchev–Trinajstić information content (AvgIpc) is 3.16. The fourth-order valence-electron chi connectivity index (χ4n) is 4.08. The van der Waals surface area contributed by atoms with Gasteiger partial charge in [-0.05, 0) is 43.7 Å². The molecule has 1 aromatic carbocycles. The minimum atomic E-state index is -1.07. The molecule has 0 radical (unpaired) electrons. The van der Waals surface area contributed by atoms with Crippen molar-refractivity contribution in [1.82, 2.24) is 10.2 Å². The van der Waals surface area contributed by atoms with Crippen LogP contribution in [-0.2, 0) is 0 Å². The second-order valence-corrected chi connectivity index (χ2v) is 9.15. The Bertz CT molecular complexity index is 1180. The highest BCUT2D eigenvalue weighted by Gasteiger charge is 2.27. The predicted molar refractivity (Wildman–Crippen MR) is 120 cm³/mol. The van der Waals surface area contributed by atoms with Crippen LogP contribution in [0.3, 0.4) is 0 Å². The molecule has 3 N–H and O–H groups in total. The van der Waals surface area contributed by atoms with Crippen molar-refractivity contribution >= 4 is 28.6 Å². The standard InChI is InChI=1S/C23H28N4O4/c1-13-9-15(14(2)25-21-17(22(29)30)12-24-26-21)20-16(10-13)18(28)11-19(31-20)27-7-5-23(3,4)6-8-27/h9-12,14H,5-8H2,1-4H3,(H,29,30)(H2,24,25,26). The van der Waals surface area contributed by atoms with Gasteiger partial charge in [0.15, 0.2) is 17.1 Å². The normalized spacial score (nSPS) is 17.0. The van der Waals surface area contributed by atoms with Gasteiger partial charge in [0.1, 0.15) is 11.1 Å². The zero-order chi connectivity index (χ0) is 22.3. The quantitative estimate of drug-likeness (QED) is 0.559. The Morgan fingerprint density at radius 3 is 2.68 bits per heavy atom. The number of hydrogen-bond acceptors (Lipinski definition) is 6. The Morgan fingerprint density at radius 2 is 2.00 bits per heavy atom. The van der Waals surface area contributed by atoms with Gasteiger partial charge in [-0.1, -0.05) is 19.9 Å². The molecule has 3 heterocycles. The van der Waals surface area contributed by atoms with Crippen molar-refractivity contribution in [2.24, 2.45) is 5.41 Å². The van der Waals surface area contributed by atoms with Crippen LogP contribution < -0.4 is 15.6 Å². The molecular weight excluding hydrogens is 396 g/mol. The number of hydrogen-bond donors (Lipinski definition) is 3. The van der Waals surface area contributed by atoms with Crippen LogP contribution in [0, 0.1) is 12.3 Å². The summed E-state index contributed by atoms with van der Waals surface area (Å²) < 4.78 is 6.30. The summed E-state index contributed by atoms with van der Waals surface area (Å²) >= 11 is 0. The number of carboxylic acids is 1.